The summed E-state index contributed by atoms with van der Waals surface area (Å²) < 4.78 is 2.20. The second kappa shape index (κ2) is 9.19. The quantitative estimate of drug-likeness (QED) is 0.411. The summed E-state index contributed by atoms with van der Waals surface area (Å²) in [7, 11) is 0. The molecule has 4 rings (SSSR count). The Balaban J connectivity index is 1.83. The van der Waals surface area contributed by atoms with Crippen molar-refractivity contribution in [3.8, 4) is 5.69 Å². The van der Waals surface area contributed by atoms with Crippen molar-refractivity contribution in [1.82, 2.24) is 19.8 Å². The fourth-order valence-electron chi connectivity index (χ4n) is 4.43. The first-order chi connectivity index (χ1) is 14.9. The Kier molecular flexibility index (Phi) is 6.56. The predicted molar refractivity (Wildman–Crippen MR) is 132 cm³/mol. The number of unbranched alkanes of at least 4 members (excludes halogenated alkanes) is 1. The maximum atomic E-state index is 6.56. The fourth-order valence-corrected chi connectivity index (χ4v) is 5.26. The molecule has 4 nitrogen and oxygen atoms in total. The monoisotopic (exact) mass is 472 g/mol. The van der Waals surface area contributed by atoms with E-state index in [-0.39, 0.29) is 12.1 Å². The van der Waals surface area contributed by atoms with Crippen molar-refractivity contribution in [1.29, 1.82) is 0 Å². The summed E-state index contributed by atoms with van der Waals surface area (Å²) >= 11 is 18.5. The first kappa shape index (κ1) is 22.1. The first-order valence-corrected chi connectivity index (χ1v) is 11.7. The largest absolute Gasteiger partial charge is 0.352 e. The van der Waals surface area contributed by atoms with Crippen LogP contribution in [-0.4, -0.2) is 26.1 Å². The summed E-state index contributed by atoms with van der Waals surface area (Å²) in [4.78, 5) is 6.95. The van der Waals surface area contributed by atoms with Crippen LogP contribution in [-0.2, 0) is 0 Å². The van der Waals surface area contributed by atoms with Gasteiger partial charge in [-0.25, -0.2) is 0 Å². The molecule has 1 N–H and O–H groups in total. The summed E-state index contributed by atoms with van der Waals surface area (Å²) in [5.74, 6) is 0. The van der Waals surface area contributed by atoms with E-state index in [1.54, 1.807) is 6.07 Å². The number of benzene rings is 1. The van der Waals surface area contributed by atoms with Gasteiger partial charge in [0, 0.05) is 29.2 Å². The number of pyridine rings is 1. The summed E-state index contributed by atoms with van der Waals surface area (Å²) in [5, 5.41) is 5.57. The molecule has 0 amide bonds. The summed E-state index contributed by atoms with van der Waals surface area (Å²) in [6.07, 6.45) is 4.02. The van der Waals surface area contributed by atoms with Crippen molar-refractivity contribution in [2.75, 3.05) is 6.54 Å². The minimum absolute atomic E-state index is 0.0137. The smallest absolute Gasteiger partial charge is 0.170 e. The highest BCUT2D eigenvalue weighted by Crippen LogP contribution is 2.42. The third-order valence-electron chi connectivity index (χ3n) is 5.89. The Morgan fingerprint density at radius 3 is 2.61 bits per heavy atom. The lowest BCUT2D eigenvalue weighted by atomic mass is 9.96. The average molecular weight is 473 g/mol. The number of rotatable bonds is 6. The molecule has 1 saturated heterocycles. The van der Waals surface area contributed by atoms with Crippen LogP contribution >= 0.6 is 35.4 Å². The van der Waals surface area contributed by atoms with Crippen molar-refractivity contribution < 1.29 is 0 Å². The molecular formula is C24H26Cl2N4S. The maximum absolute atomic E-state index is 6.56. The molecule has 1 aliphatic heterocycles. The molecule has 3 heterocycles. The van der Waals surface area contributed by atoms with E-state index in [1.807, 2.05) is 30.5 Å². The number of nitrogens with one attached hydrogen (secondary N) is 1. The molecule has 0 unspecified atom stereocenters. The Morgan fingerprint density at radius 1 is 1.13 bits per heavy atom. The number of halogens is 2. The highest BCUT2D eigenvalue weighted by atomic mass is 35.5. The first-order valence-electron chi connectivity index (χ1n) is 10.5. The molecular weight excluding hydrogens is 447 g/mol. The van der Waals surface area contributed by atoms with Crippen LogP contribution in [0.1, 0.15) is 54.5 Å². The van der Waals surface area contributed by atoms with Gasteiger partial charge in [-0.05, 0) is 74.4 Å². The van der Waals surface area contributed by atoms with Crippen LogP contribution in [0.15, 0.2) is 48.7 Å². The normalized spacial score (nSPS) is 18.5. The van der Waals surface area contributed by atoms with Crippen LogP contribution in [0.3, 0.4) is 0 Å². The van der Waals surface area contributed by atoms with Gasteiger partial charge in [0.05, 0.1) is 28.5 Å². The molecule has 1 aliphatic rings. The van der Waals surface area contributed by atoms with Crippen LogP contribution in [0, 0.1) is 13.8 Å². The lowest BCUT2D eigenvalue weighted by Gasteiger charge is -2.28. The maximum Gasteiger partial charge on any atom is 0.170 e. The standard InChI is InChI=1S/C24H26Cl2N4S/c1-4-5-12-29-23(22(28-24(29)31)20-8-6-7-11-27-20)18-13-15(2)30(16(18)3)21-10-9-17(25)14-19(21)26/h6-11,13-14,22-23H,4-5,12H2,1-3H3,(H,28,31)/t22-,23+/m0/s1. The Bertz CT molecular complexity index is 1100. The third-order valence-corrected chi connectivity index (χ3v) is 6.78. The average Bonchev–Trinajstić information content (AvgIpc) is 3.23. The second-order valence-corrected chi connectivity index (χ2v) is 9.16. The van der Waals surface area contributed by atoms with Crippen LogP contribution in [0.5, 0.6) is 0 Å². The van der Waals surface area contributed by atoms with Crippen molar-refractivity contribution >= 4 is 40.5 Å². The summed E-state index contributed by atoms with van der Waals surface area (Å²) in [5.41, 5.74) is 5.39. The molecule has 2 atom stereocenters. The molecule has 162 valence electrons. The zero-order valence-corrected chi connectivity index (χ0v) is 20.2. The van der Waals surface area contributed by atoms with E-state index in [2.05, 4.69) is 52.7 Å². The SMILES string of the molecule is CCCCN1C(=S)N[C@@H](c2ccccn2)[C@H]1c1cc(C)n(-c2ccc(Cl)cc2Cl)c1C. The number of aryl methyl sites for hydroxylation is 1. The Labute approximate surface area is 199 Å². The van der Waals surface area contributed by atoms with Gasteiger partial charge >= 0.3 is 0 Å². The van der Waals surface area contributed by atoms with Gasteiger partial charge in [0.2, 0.25) is 0 Å². The van der Waals surface area contributed by atoms with E-state index in [4.69, 9.17) is 35.4 Å². The van der Waals surface area contributed by atoms with E-state index >= 15 is 0 Å². The highest BCUT2D eigenvalue weighted by Gasteiger charge is 2.41. The number of hydrogen-bond donors (Lipinski definition) is 1. The van der Waals surface area contributed by atoms with Gasteiger partial charge in [-0.1, -0.05) is 42.6 Å². The predicted octanol–water partition coefficient (Wildman–Crippen LogP) is 6.57. The molecule has 3 aromatic rings. The number of thiocarbonyl (C=S) groups is 1. The third kappa shape index (κ3) is 4.19. The van der Waals surface area contributed by atoms with Gasteiger partial charge in [0.15, 0.2) is 5.11 Å². The second-order valence-electron chi connectivity index (χ2n) is 7.93. The van der Waals surface area contributed by atoms with Crippen molar-refractivity contribution in [2.24, 2.45) is 0 Å². The Hall–Kier alpha value is -2.08. The molecule has 31 heavy (non-hydrogen) atoms. The van der Waals surface area contributed by atoms with Crippen LogP contribution in [0.4, 0.5) is 0 Å². The fraction of sp³-hybridized carbons (Fsp3) is 0.333. The molecule has 0 bridgehead atoms. The van der Waals surface area contributed by atoms with Gasteiger partial charge in [-0.15, -0.1) is 0 Å². The van der Waals surface area contributed by atoms with E-state index in [9.17, 15) is 0 Å². The van der Waals surface area contributed by atoms with E-state index in [1.165, 1.54) is 5.56 Å². The van der Waals surface area contributed by atoms with Crippen molar-refractivity contribution in [3.63, 3.8) is 0 Å². The van der Waals surface area contributed by atoms with Gasteiger partial charge in [-0.2, -0.15) is 0 Å². The van der Waals surface area contributed by atoms with Crippen LogP contribution in [0.25, 0.3) is 5.69 Å². The molecule has 1 fully saturated rings. The molecule has 0 radical (unpaired) electrons. The molecule has 0 saturated carbocycles. The lowest BCUT2D eigenvalue weighted by molar-refractivity contribution is 0.312. The number of nitrogens with zero attached hydrogens (tertiary/aromatic N) is 3. The number of aromatic nitrogens is 2. The minimum atomic E-state index is -0.0137. The van der Waals surface area contributed by atoms with Gasteiger partial charge < -0.3 is 14.8 Å². The van der Waals surface area contributed by atoms with Crippen LogP contribution < -0.4 is 5.32 Å². The van der Waals surface area contributed by atoms with Crippen LogP contribution in [0.2, 0.25) is 10.0 Å². The van der Waals surface area contributed by atoms with Crippen molar-refractivity contribution in [3.05, 3.63) is 81.4 Å². The zero-order valence-electron chi connectivity index (χ0n) is 17.9. The zero-order chi connectivity index (χ0) is 22.1. The van der Waals surface area contributed by atoms with Crippen molar-refractivity contribution in [2.45, 2.75) is 45.7 Å². The molecule has 2 aromatic heterocycles. The Morgan fingerprint density at radius 2 is 1.94 bits per heavy atom. The highest BCUT2D eigenvalue weighted by molar-refractivity contribution is 7.80. The molecule has 1 aromatic carbocycles. The summed E-state index contributed by atoms with van der Waals surface area (Å²) in [6, 6.07) is 13.9. The number of hydrogen-bond acceptors (Lipinski definition) is 2. The van der Waals surface area contributed by atoms with Gasteiger partial charge in [0.1, 0.15) is 0 Å². The van der Waals surface area contributed by atoms with E-state index < -0.39 is 0 Å². The summed E-state index contributed by atoms with van der Waals surface area (Å²) in [6.45, 7) is 7.35. The van der Waals surface area contributed by atoms with Gasteiger partial charge in [0.25, 0.3) is 0 Å². The van der Waals surface area contributed by atoms with E-state index in [0.29, 0.717) is 10.0 Å². The molecule has 0 spiro atoms. The topological polar surface area (TPSA) is 33.1 Å². The molecule has 7 heteroatoms. The minimum Gasteiger partial charge on any atom is -0.352 e. The van der Waals surface area contributed by atoms with E-state index in [0.717, 1.165) is 47.3 Å². The lowest BCUT2D eigenvalue weighted by Crippen LogP contribution is -2.30. The molecule has 0 aliphatic carbocycles. The van der Waals surface area contributed by atoms with Gasteiger partial charge in [-0.3, -0.25) is 4.98 Å².